The Morgan fingerprint density at radius 1 is 1.38 bits per heavy atom. The third kappa shape index (κ3) is 4.70. The predicted octanol–water partition coefficient (Wildman–Crippen LogP) is 2.11. The van der Waals surface area contributed by atoms with Gasteiger partial charge in [-0.15, -0.1) is 0 Å². The zero-order valence-corrected chi connectivity index (χ0v) is 13.0. The zero-order valence-electron chi connectivity index (χ0n) is 13.0. The highest BCUT2D eigenvalue weighted by molar-refractivity contribution is 5.80. The molecule has 5 nitrogen and oxygen atoms in total. The Labute approximate surface area is 126 Å². The Balaban J connectivity index is 1.95. The van der Waals surface area contributed by atoms with Crippen LogP contribution in [0.4, 0.5) is 5.82 Å². The van der Waals surface area contributed by atoms with Gasteiger partial charge < -0.3 is 15.0 Å². The van der Waals surface area contributed by atoms with Crippen molar-refractivity contribution >= 4 is 11.7 Å². The summed E-state index contributed by atoms with van der Waals surface area (Å²) in [4.78, 5) is 18.5. The normalized spacial score (nSPS) is 17.1. The number of pyridine rings is 1. The van der Waals surface area contributed by atoms with Crippen LogP contribution in [0.15, 0.2) is 18.3 Å². The van der Waals surface area contributed by atoms with E-state index in [4.69, 9.17) is 4.74 Å². The fourth-order valence-electron chi connectivity index (χ4n) is 2.48. The minimum absolute atomic E-state index is 0.0920. The summed E-state index contributed by atoms with van der Waals surface area (Å²) < 4.78 is 5.00. The van der Waals surface area contributed by atoms with Gasteiger partial charge in [0.2, 0.25) is 5.91 Å². The van der Waals surface area contributed by atoms with Gasteiger partial charge in [0.15, 0.2) is 0 Å². The van der Waals surface area contributed by atoms with Gasteiger partial charge in [-0.2, -0.15) is 0 Å². The smallest absolute Gasteiger partial charge is 0.249 e. The standard InChI is InChI=1S/C16H25N3O2/c1-13(21-2)16(20)18-12-14-7-8-17-15(11-14)19-9-5-3-4-6-10-19/h7-8,11,13H,3-6,9-10,12H2,1-2H3,(H,18,20). The minimum Gasteiger partial charge on any atom is -0.372 e. The van der Waals surface area contributed by atoms with Crippen molar-refractivity contribution in [1.29, 1.82) is 0 Å². The average molecular weight is 291 g/mol. The first-order valence-corrected chi connectivity index (χ1v) is 7.71. The van der Waals surface area contributed by atoms with Crippen molar-refractivity contribution in [3.05, 3.63) is 23.9 Å². The Hall–Kier alpha value is -1.62. The highest BCUT2D eigenvalue weighted by atomic mass is 16.5. The van der Waals surface area contributed by atoms with Gasteiger partial charge in [0.25, 0.3) is 0 Å². The summed E-state index contributed by atoms with van der Waals surface area (Å²) in [5, 5.41) is 2.88. The average Bonchev–Trinajstić information content (AvgIpc) is 2.81. The zero-order chi connectivity index (χ0) is 15.1. The molecule has 0 radical (unpaired) electrons. The maximum Gasteiger partial charge on any atom is 0.249 e. The van der Waals surface area contributed by atoms with Crippen LogP contribution in [0.5, 0.6) is 0 Å². The Kier molecular flexibility index (Phi) is 5.99. The van der Waals surface area contributed by atoms with Crippen LogP contribution in [0.3, 0.4) is 0 Å². The second-order valence-corrected chi connectivity index (χ2v) is 5.52. The lowest BCUT2D eigenvalue weighted by atomic mass is 10.2. The van der Waals surface area contributed by atoms with Crippen LogP contribution >= 0.6 is 0 Å². The summed E-state index contributed by atoms with van der Waals surface area (Å²) >= 11 is 0. The monoisotopic (exact) mass is 291 g/mol. The van der Waals surface area contributed by atoms with E-state index in [0.29, 0.717) is 6.54 Å². The number of amides is 1. The van der Waals surface area contributed by atoms with Crippen molar-refractivity contribution in [2.45, 2.75) is 45.3 Å². The molecule has 1 amide bonds. The summed E-state index contributed by atoms with van der Waals surface area (Å²) in [5.41, 5.74) is 1.07. The van der Waals surface area contributed by atoms with Gasteiger partial charge in [-0.25, -0.2) is 4.98 Å². The number of hydrogen-bond acceptors (Lipinski definition) is 4. The van der Waals surface area contributed by atoms with E-state index in [0.717, 1.165) is 24.5 Å². The van der Waals surface area contributed by atoms with Crippen molar-refractivity contribution in [3.8, 4) is 0 Å². The van der Waals surface area contributed by atoms with Crippen molar-refractivity contribution in [2.24, 2.45) is 0 Å². The molecule has 1 aliphatic rings. The highest BCUT2D eigenvalue weighted by Gasteiger charge is 2.13. The van der Waals surface area contributed by atoms with Crippen LogP contribution in [0, 0.1) is 0 Å². The first-order valence-electron chi connectivity index (χ1n) is 7.71. The van der Waals surface area contributed by atoms with Crippen molar-refractivity contribution in [2.75, 3.05) is 25.1 Å². The van der Waals surface area contributed by atoms with Gasteiger partial charge in [0, 0.05) is 32.9 Å². The van der Waals surface area contributed by atoms with E-state index in [1.54, 1.807) is 6.92 Å². The Bertz CT molecular complexity index is 457. The molecule has 2 heterocycles. The molecule has 1 unspecified atom stereocenters. The molecule has 1 aromatic heterocycles. The number of nitrogens with zero attached hydrogens (tertiary/aromatic N) is 2. The molecule has 1 atom stereocenters. The van der Waals surface area contributed by atoms with Crippen molar-refractivity contribution in [1.82, 2.24) is 10.3 Å². The fourth-order valence-corrected chi connectivity index (χ4v) is 2.48. The first-order chi connectivity index (χ1) is 10.2. The van der Waals surface area contributed by atoms with Crippen LogP contribution in [0.25, 0.3) is 0 Å². The van der Waals surface area contributed by atoms with Gasteiger partial charge in [0.05, 0.1) is 0 Å². The number of nitrogens with one attached hydrogen (secondary N) is 1. The van der Waals surface area contributed by atoms with E-state index < -0.39 is 6.10 Å². The van der Waals surface area contributed by atoms with Crippen LogP contribution in [0.2, 0.25) is 0 Å². The predicted molar refractivity (Wildman–Crippen MR) is 83.2 cm³/mol. The molecule has 1 saturated heterocycles. The first kappa shape index (κ1) is 15.8. The van der Waals surface area contributed by atoms with Gasteiger partial charge in [-0.05, 0) is 37.5 Å². The highest BCUT2D eigenvalue weighted by Crippen LogP contribution is 2.18. The topological polar surface area (TPSA) is 54.5 Å². The van der Waals surface area contributed by atoms with Gasteiger partial charge in [-0.3, -0.25) is 4.79 Å². The minimum atomic E-state index is -0.420. The molecule has 1 aliphatic heterocycles. The maximum atomic E-state index is 11.7. The molecule has 1 N–H and O–H groups in total. The molecule has 21 heavy (non-hydrogen) atoms. The number of hydrogen-bond donors (Lipinski definition) is 1. The molecule has 5 heteroatoms. The fraction of sp³-hybridized carbons (Fsp3) is 0.625. The second-order valence-electron chi connectivity index (χ2n) is 5.52. The van der Waals surface area contributed by atoms with Gasteiger partial charge >= 0.3 is 0 Å². The SMILES string of the molecule is COC(C)C(=O)NCc1ccnc(N2CCCCCC2)c1. The van der Waals surface area contributed by atoms with Gasteiger partial charge in [-0.1, -0.05) is 12.8 Å². The lowest BCUT2D eigenvalue weighted by molar-refractivity contribution is -0.130. The molecule has 2 rings (SSSR count). The van der Waals surface area contributed by atoms with E-state index in [1.807, 2.05) is 12.3 Å². The number of rotatable bonds is 5. The number of ether oxygens (including phenoxy) is 1. The molecule has 0 aromatic carbocycles. The summed E-state index contributed by atoms with van der Waals surface area (Å²) in [6, 6.07) is 4.02. The van der Waals surface area contributed by atoms with Crippen molar-refractivity contribution < 1.29 is 9.53 Å². The summed E-state index contributed by atoms with van der Waals surface area (Å²) in [5.74, 6) is 0.925. The molecule has 1 aromatic rings. The largest absolute Gasteiger partial charge is 0.372 e. The Morgan fingerprint density at radius 2 is 2.10 bits per heavy atom. The molecule has 0 saturated carbocycles. The van der Waals surface area contributed by atoms with Crippen LogP contribution in [-0.4, -0.2) is 37.2 Å². The summed E-state index contributed by atoms with van der Waals surface area (Å²) in [6.45, 7) is 4.40. The molecule has 0 spiro atoms. The van der Waals surface area contributed by atoms with Crippen LogP contribution < -0.4 is 10.2 Å². The molecular weight excluding hydrogens is 266 g/mol. The number of methoxy groups -OCH3 is 1. The van der Waals surface area contributed by atoms with E-state index in [1.165, 1.54) is 32.8 Å². The number of aromatic nitrogens is 1. The van der Waals surface area contributed by atoms with Gasteiger partial charge in [0.1, 0.15) is 11.9 Å². The van der Waals surface area contributed by atoms with Crippen LogP contribution in [-0.2, 0) is 16.1 Å². The van der Waals surface area contributed by atoms with Crippen LogP contribution in [0.1, 0.15) is 38.2 Å². The van der Waals surface area contributed by atoms with E-state index >= 15 is 0 Å². The van der Waals surface area contributed by atoms with Crippen molar-refractivity contribution in [3.63, 3.8) is 0 Å². The molecule has 116 valence electrons. The maximum absolute atomic E-state index is 11.7. The lowest BCUT2D eigenvalue weighted by Crippen LogP contribution is -2.33. The second kappa shape index (κ2) is 7.98. The molecule has 1 fully saturated rings. The van der Waals surface area contributed by atoms with E-state index in [9.17, 15) is 4.79 Å². The third-order valence-corrected chi connectivity index (χ3v) is 3.93. The number of carbonyl (C=O) groups excluding carboxylic acids is 1. The lowest BCUT2D eigenvalue weighted by Gasteiger charge is -2.22. The Morgan fingerprint density at radius 3 is 2.76 bits per heavy atom. The van der Waals surface area contributed by atoms with E-state index in [2.05, 4.69) is 21.3 Å². The molecular formula is C16H25N3O2. The molecule has 0 bridgehead atoms. The quantitative estimate of drug-likeness (QED) is 0.903. The third-order valence-electron chi connectivity index (χ3n) is 3.93. The number of anilines is 1. The molecule has 0 aliphatic carbocycles. The van der Waals surface area contributed by atoms with E-state index in [-0.39, 0.29) is 5.91 Å². The number of carbonyl (C=O) groups is 1. The summed E-state index contributed by atoms with van der Waals surface area (Å²) in [6.07, 6.45) is 6.48. The summed E-state index contributed by atoms with van der Waals surface area (Å²) in [7, 11) is 1.54.